The van der Waals surface area contributed by atoms with Crippen molar-refractivity contribution in [1.29, 1.82) is 0 Å². The molecule has 164 valence electrons. The van der Waals surface area contributed by atoms with E-state index >= 15 is 0 Å². The molecular formula is C27H32O4. The number of allylic oxidation sites excluding steroid dienone is 2. The largest absolute Gasteiger partial charge is 0.494 e. The second-order valence-electron chi connectivity index (χ2n) is 7.08. The zero-order chi connectivity index (χ0) is 22.3. The predicted octanol–water partition coefficient (Wildman–Crippen LogP) is 6.98. The Morgan fingerprint density at radius 3 is 2.19 bits per heavy atom. The molecule has 0 aliphatic heterocycles. The third-order valence-electron chi connectivity index (χ3n) is 4.55. The van der Waals surface area contributed by atoms with E-state index in [1.165, 1.54) is 0 Å². The third kappa shape index (κ3) is 9.39. The first-order valence-corrected chi connectivity index (χ1v) is 10.8. The molecule has 4 nitrogen and oxygen atoms in total. The van der Waals surface area contributed by atoms with E-state index in [-0.39, 0.29) is 5.97 Å². The topological polar surface area (TPSA) is 44.8 Å². The molecule has 4 heteroatoms. The summed E-state index contributed by atoms with van der Waals surface area (Å²) in [4.78, 5) is 12.3. The molecule has 0 amide bonds. The van der Waals surface area contributed by atoms with Crippen molar-refractivity contribution in [3.63, 3.8) is 0 Å². The number of carbonyl (C=O) groups is 1. The van der Waals surface area contributed by atoms with E-state index in [4.69, 9.17) is 14.2 Å². The summed E-state index contributed by atoms with van der Waals surface area (Å²) in [5, 5.41) is 0. The van der Waals surface area contributed by atoms with Crippen LogP contribution in [0.15, 0.2) is 79.6 Å². The minimum absolute atomic E-state index is 0.384. The molecule has 2 aromatic rings. The standard InChI is InChI=1S/C27H32O4/c1-4-6-11-23-12-16-26(17-13-23)31-27(28)24-14-18-25(19-15-24)30-21-10-8-7-9-20-29-22(3)5-2/h5-6,11-19H,2-4,7-10,20-21H2,1H3/b11-6+. The predicted molar refractivity (Wildman–Crippen MR) is 126 cm³/mol. The fourth-order valence-corrected chi connectivity index (χ4v) is 2.76. The van der Waals surface area contributed by atoms with Gasteiger partial charge < -0.3 is 14.2 Å². The van der Waals surface area contributed by atoms with Gasteiger partial charge in [0.15, 0.2) is 0 Å². The van der Waals surface area contributed by atoms with Gasteiger partial charge in [-0.1, -0.05) is 44.4 Å². The van der Waals surface area contributed by atoms with E-state index < -0.39 is 0 Å². The maximum Gasteiger partial charge on any atom is 0.343 e. The molecule has 31 heavy (non-hydrogen) atoms. The average molecular weight is 421 g/mol. The van der Waals surface area contributed by atoms with Crippen LogP contribution in [0.2, 0.25) is 0 Å². The van der Waals surface area contributed by atoms with Gasteiger partial charge in [0.05, 0.1) is 18.8 Å². The van der Waals surface area contributed by atoms with Crippen LogP contribution >= 0.6 is 0 Å². The molecule has 0 spiro atoms. The van der Waals surface area contributed by atoms with Gasteiger partial charge in [0.25, 0.3) is 0 Å². The SMILES string of the molecule is C=CC(=C)OCCCCCCOc1ccc(C(=O)Oc2ccc(/C=C/CC)cc2)cc1. The highest BCUT2D eigenvalue weighted by Crippen LogP contribution is 2.18. The van der Waals surface area contributed by atoms with Crippen molar-refractivity contribution in [2.75, 3.05) is 13.2 Å². The van der Waals surface area contributed by atoms with Crippen LogP contribution in [0.25, 0.3) is 6.08 Å². The van der Waals surface area contributed by atoms with Crippen molar-refractivity contribution in [2.24, 2.45) is 0 Å². The zero-order valence-electron chi connectivity index (χ0n) is 18.3. The van der Waals surface area contributed by atoms with Crippen LogP contribution in [0.1, 0.15) is 54.9 Å². The Bertz CT molecular complexity index is 848. The molecule has 0 aliphatic rings. The van der Waals surface area contributed by atoms with Crippen molar-refractivity contribution >= 4 is 12.0 Å². The monoisotopic (exact) mass is 420 g/mol. The van der Waals surface area contributed by atoms with E-state index in [1.807, 2.05) is 18.2 Å². The summed E-state index contributed by atoms with van der Waals surface area (Å²) in [6.07, 6.45) is 10.8. The quantitative estimate of drug-likeness (QED) is 0.109. The Labute approximate surface area is 185 Å². The van der Waals surface area contributed by atoms with E-state index in [0.29, 0.717) is 30.3 Å². The highest BCUT2D eigenvalue weighted by Gasteiger charge is 2.08. The average Bonchev–Trinajstić information content (AvgIpc) is 2.80. The summed E-state index contributed by atoms with van der Waals surface area (Å²) in [5.41, 5.74) is 1.57. The molecule has 0 atom stereocenters. The number of hydrogen-bond acceptors (Lipinski definition) is 4. The van der Waals surface area contributed by atoms with Crippen molar-refractivity contribution < 1.29 is 19.0 Å². The van der Waals surface area contributed by atoms with Crippen LogP contribution < -0.4 is 9.47 Å². The van der Waals surface area contributed by atoms with Crippen LogP contribution in [0.3, 0.4) is 0 Å². The molecule has 0 unspecified atom stereocenters. The maximum absolute atomic E-state index is 12.3. The smallest absolute Gasteiger partial charge is 0.343 e. The van der Waals surface area contributed by atoms with Crippen molar-refractivity contribution in [3.05, 3.63) is 90.7 Å². The van der Waals surface area contributed by atoms with Crippen molar-refractivity contribution in [2.45, 2.75) is 39.0 Å². The first kappa shape index (κ1) is 24.0. The van der Waals surface area contributed by atoms with E-state index in [1.54, 1.807) is 42.5 Å². The van der Waals surface area contributed by atoms with E-state index in [0.717, 1.165) is 43.4 Å². The fourth-order valence-electron chi connectivity index (χ4n) is 2.76. The lowest BCUT2D eigenvalue weighted by molar-refractivity contribution is 0.0734. The van der Waals surface area contributed by atoms with Gasteiger partial charge in [-0.05, 0) is 80.1 Å². The minimum atomic E-state index is -0.384. The Hall–Kier alpha value is -3.27. The van der Waals surface area contributed by atoms with Gasteiger partial charge in [0, 0.05) is 0 Å². The van der Waals surface area contributed by atoms with Gasteiger partial charge in [-0.15, -0.1) is 0 Å². The number of carbonyl (C=O) groups excluding carboxylic acids is 1. The van der Waals surface area contributed by atoms with Crippen LogP contribution in [0.5, 0.6) is 11.5 Å². The number of rotatable bonds is 14. The number of unbranched alkanes of at least 4 members (excludes halogenated alkanes) is 3. The van der Waals surface area contributed by atoms with Crippen LogP contribution in [-0.4, -0.2) is 19.2 Å². The summed E-state index contributed by atoms with van der Waals surface area (Å²) in [5.74, 6) is 1.51. The van der Waals surface area contributed by atoms with Gasteiger partial charge in [-0.2, -0.15) is 0 Å². The Kier molecular flexibility index (Phi) is 10.7. The van der Waals surface area contributed by atoms with Crippen molar-refractivity contribution in [1.82, 2.24) is 0 Å². The lowest BCUT2D eigenvalue weighted by Gasteiger charge is -2.08. The number of benzene rings is 2. The van der Waals surface area contributed by atoms with Gasteiger partial charge in [0.1, 0.15) is 17.3 Å². The van der Waals surface area contributed by atoms with Crippen molar-refractivity contribution in [3.8, 4) is 11.5 Å². The van der Waals surface area contributed by atoms with Gasteiger partial charge in [-0.3, -0.25) is 0 Å². The maximum atomic E-state index is 12.3. The Morgan fingerprint density at radius 1 is 0.903 bits per heavy atom. The molecule has 0 radical (unpaired) electrons. The molecule has 0 heterocycles. The lowest BCUT2D eigenvalue weighted by atomic mass is 10.2. The molecule has 2 rings (SSSR count). The molecule has 0 saturated carbocycles. The normalized spacial score (nSPS) is 10.6. The molecule has 2 aromatic carbocycles. The van der Waals surface area contributed by atoms with Gasteiger partial charge in [-0.25, -0.2) is 4.79 Å². The molecule has 0 saturated heterocycles. The molecule has 0 fully saturated rings. The highest BCUT2D eigenvalue weighted by molar-refractivity contribution is 5.91. The van der Waals surface area contributed by atoms with Crippen LogP contribution in [0, 0.1) is 0 Å². The number of esters is 1. The third-order valence-corrected chi connectivity index (χ3v) is 4.55. The second-order valence-corrected chi connectivity index (χ2v) is 7.08. The molecule has 0 aliphatic carbocycles. The van der Waals surface area contributed by atoms with Crippen LogP contribution in [-0.2, 0) is 4.74 Å². The number of ether oxygens (including phenoxy) is 3. The molecular weight excluding hydrogens is 388 g/mol. The highest BCUT2D eigenvalue weighted by atomic mass is 16.5. The number of hydrogen-bond donors (Lipinski definition) is 0. The summed E-state index contributed by atoms with van der Waals surface area (Å²) < 4.78 is 16.6. The minimum Gasteiger partial charge on any atom is -0.494 e. The summed E-state index contributed by atoms with van der Waals surface area (Å²) in [6, 6.07) is 14.5. The molecule has 0 N–H and O–H groups in total. The first-order valence-electron chi connectivity index (χ1n) is 10.8. The summed E-state index contributed by atoms with van der Waals surface area (Å²) in [7, 11) is 0. The fraction of sp³-hybridized carbons (Fsp3) is 0.296. The van der Waals surface area contributed by atoms with Gasteiger partial charge in [0.2, 0.25) is 0 Å². The zero-order valence-corrected chi connectivity index (χ0v) is 18.3. The lowest BCUT2D eigenvalue weighted by Crippen LogP contribution is -2.08. The van der Waals surface area contributed by atoms with E-state index in [2.05, 4.69) is 26.2 Å². The Morgan fingerprint density at radius 2 is 1.55 bits per heavy atom. The molecule has 0 bridgehead atoms. The van der Waals surface area contributed by atoms with Gasteiger partial charge >= 0.3 is 5.97 Å². The summed E-state index contributed by atoms with van der Waals surface area (Å²) >= 11 is 0. The molecule has 0 aromatic heterocycles. The first-order chi connectivity index (χ1) is 15.1. The second kappa shape index (κ2) is 13.9. The van der Waals surface area contributed by atoms with E-state index in [9.17, 15) is 4.79 Å². The summed E-state index contributed by atoms with van der Waals surface area (Å²) in [6.45, 7) is 10.7. The Balaban J connectivity index is 1.67. The van der Waals surface area contributed by atoms with Crippen LogP contribution in [0.4, 0.5) is 0 Å².